The van der Waals surface area contributed by atoms with E-state index < -0.39 is 17.3 Å². The van der Waals surface area contributed by atoms with E-state index in [2.05, 4.69) is 10.1 Å². The number of nitrogens with zero attached hydrogens (tertiary/aromatic N) is 2. The smallest absolute Gasteiger partial charge is 0.333 e. The number of halogens is 3. The van der Waals surface area contributed by atoms with Crippen LogP contribution in [-0.2, 0) is 0 Å². The Kier molecular flexibility index (Phi) is 4.55. The van der Waals surface area contributed by atoms with Crippen LogP contribution < -0.4 is 0 Å². The molecule has 1 aromatic heterocycles. The molecule has 3 nitrogen and oxygen atoms in total. The number of thioether (sulfide) groups is 1. The molecule has 0 amide bonds. The fraction of sp³-hybridized carbons (Fsp3) is 0.200. The number of benzene rings is 2. The zero-order valence-corrected chi connectivity index (χ0v) is 15.1. The third kappa shape index (κ3) is 3.51. The molecule has 0 aliphatic carbocycles. The fourth-order valence-corrected chi connectivity index (χ4v) is 4.29. The number of allylic oxidation sites excluding steroid dienone is 1. The van der Waals surface area contributed by atoms with Gasteiger partial charge in [0.25, 0.3) is 5.89 Å². The topological polar surface area (TPSA) is 38.9 Å². The summed E-state index contributed by atoms with van der Waals surface area (Å²) in [6, 6.07) is 16.2. The lowest BCUT2D eigenvalue weighted by molar-refractivity contribution is -0.130. The fourth-order valence-electron chi connectivity index (χ4n) is 3.09. The van der Waals surface area contributed by atoms with E-state index in [1.54, 1.807) is 36.4 Å². The summed E-state index contributed by atoms with van der Waals surface area (Å²) in [5.74, 6) is -0.303. The molecule has 0 fully saturated rings. The summed E-state index contributed by atoms with van der Waals surface area (Å²) in [6.45, 7) is 1.92. The Hall–Kier alpha value is -2.54. The summed E-state index contributed by atoms with van der Waals surface area (Å²) < 4.78 is 46.0. The van der Waals surface area contributed by atoms with Crippen molar-refractivity contribution < 1.29 is 17.7 Å². The lowest BCUT2D eigenvalue weighted by Crippen LogP contribution is -2.28. The minimum Gasteiger partial charge on any atom is -0.333 e. The van der Waals surface area contributed by atoms with Crippen LogP contribution in [0.4, 0.5) is 13.2 Å². The molecule has 0 bridgehead atoms. The molecular weight excluding hydrogens is 373 g/mol. The third-order valence-electron chi connectivity index (χ3n) is 4.44. The van der Waals surface area contributed by atoms with Gasteiger partial charge in [0.05, 0.1) is 4.91 Å². The second-order valence-corrected chi connectivity index (χ2v) is 7.47. The van der Waals surface area contributed by atoms with Crippen molar-refractivity contribution in [1.29, 1.82) is 0 Å². The summed E-state index contributed by atoms with van der Waals surface area (Å²) in [5.41, 5.74) is 2.37. The highest BCUT2D eigenvalue weighted by molar-refractivity contribution is 8.09. The van der Waals surface area contributed by atoms with Gasteiger partial charge in [-0.3, -0.25) is 0 Å². The van der Waals surface area contributed by atoms with Crippen molar-refractivity contribution >= 4 is 16.7 Å². The third-order valence-corrected chi connectivity index (χ3v) is 5.82. The van der Waals surface area contributed by atoms with E-state index in [1.165, 1.54) is 0 Å². The molecule has 1 aliphatic heterocycles. The molecule has 2 heterocycles. The van der Waals surface area contributed by atoms with E-state index in [4.69, 9.17) is 4.52 Å². The van der Waals surface area contributed by atoms with Gasteiger partial charge >= 0.3 is 6.18 Å². The van der Waals surface area contributed by atoms with Gasteiger partial charge < -0.3 is 4.52 Å². The van der Waals surface area contributed by atoms with Crippen molar-refractivity contribution in [2.24, 2.45) is 0 Å². The van der Waals surface area contributed by atoms with Gasteiger partial charge in [-0.25, -0.2) is 0 Å². The highest BCUT2D eigenvalue weighted by atomic mass is 32.2. The predicted molar refractivity (Wildman–Crippen MR) is 99.1 cm³/mol. The molecule has 0 radical (unpaired) electrons. The van der Waals surface area contributed by atoms with Gasteiger partial charge in [0.2, 0.25) is 5.82 Å². The zero-order valence-electron chi connectivity index (χ0n) is 14.3. The first-order chi connectivity index (χ1) is 12.9. The van der Waals surface area contributed by atoms with Crippen LogP contribution in [-0.4, -0.2) is 21.6 Å². The maximum Gasteiger partial charge on any atom is 0.401 e. The average Bonchev–Trinajstić information content (AvgIpc) is 3.30. The van der Waals surface area contributed by atoms with Crippen molar-refractivity contribution in [2.45, 2.75) is 24.3 Å². The molecule has 0 spiro atoms. The van der Waals surface area contributed by atoms with Crippen LogP contribution in [0, 0.1) is 6.92 Å². The maximum atomic E-state index is 13.6. The van der Waals surface area contributed by atoms with E-state index in [9.17, 15) is 13.2 Å². The summed E-state index contributed by atoms with van der Waals surface area (Å²) in [5, 5.41) is 2.38. The zero-order chi connectivity index (χ0) is 19.0. The molecule has 138 valence electrons. The van der Waals surface area contributed by atoms with Gasteiger partial charge in [-0.15, -0.1) is 11.8 Å². The average molecular weight is 388 g/mol. The van der Waals surface area contributed by atoms with Gasteiger partial charge in [-0.1, -0.05) is 65.8 Å². The highest BCUT2D eigenvalue weighted by Gasteiger charge is 2.49. The van der Waals surface area contributed by atoms with E-state index in [1.807, 2.05) is 31.2 Å². The molecule has 4 rings (SSSR count). The molecule has 3 aromatic rings. The van der Waals surface area contributed by atoms with Crippen molar-refractivity contribution in [3.8, 4) is 11.4 Å². The summed E-state index contributed by atoms with van der Waals surface area (Å²) in [7, 11) is 0. The second-order valence-electron chi connectivity index (χ2n) is 6.29. The summed E-state index contributed by atoms with van der Waals surface area (Å²) in [4.78, 5) is 4.69. The molecular formula is C20H15F3N2OS. The first-order valence-corrected chi connectivity index (χ1v) is 9.21. The number of hydrogen-bond donors (Lipinski definition) is 0. The maximum absolute atomic E-state index is 13.6. The van der Waals surface area contributed by atoms with E-state index in [0.29, 0.717) is 16.3 Å². The van der Waals surface area contributed by atoms with E-state index >= 15 is 0 Å². The quantitative estimate of drug-likeness (QED) is 0.564. The first kappa shape index (κ1) is 17.9. The monoisotopic (exact) mass is 388 g/mol. The number of hydrogen-bond acceptors (Lipinski definition) is 4. The minimum absolute atomic E-state index is 0.117. The Morgan fingerprint density at radius 3 is 2.41 bits per heavy atom. The minimum atomic E-state index is -4.34. The number of alkyl halides is 3. The second kappa shape index (κ2) is 6.88. The molecule has 27 heavy (non-hydrogen) atoms. The SMILES string of the molecule is Cc1ccccc1-c1noc(C2=CC(c3ccccc3)C(C(F)(F)F)S2)n1. The number of rotatable bonds is 3. The lowest BCUT2D eigenvalue weighted by atomic mass is 9.95. The lowest BCUT2D eigenvalue weighted by Gasteiger charge is -2.21. The Labute approximate surface area is 158 Å². The van der Waals surface area contributed by atoms with E-state index in [0.717, 1.165) is 22.9 Å². The Balaban J connectivity index is 1.69. The van der Waals surface area contributed by atoms with Crippen molar-refractivity contribution in [1.82, 2.24) is 10.1 Å². The summed E-state index contributed by atoms with van der Waals surface area (Å²) >= 11 is 0.726. The predicted octanol–water partition coefficient (Wildman–Crippen LogP) is 5.85. The van der Waals surface area contributed by atoms with Gasteiger partial charge in [0.1, 0.15) is 5.25 Å². The van der Waals surface area contributed by atoms with Gasteiger partial charge in [0, 0.05) is 11.5 Å². The molecule has 0 saturated heterocycles. The van der Waals surface area contributed by atoms with Crippen LogP contribution in [0.15, 0.2) is 65.2 Å². The molecule has 0 saturated carbocycles. The van der Waals surface area contributed by atoms with Gasteiger partial charge in [-0.2, -0.15) is 18.2 Å². The van der Waals surface area contributed by atoms with Crippen LogP contribution in [0.2, 0.25) is 0 Å². The van der Waals surface area contributed by atoms with Gasteiger partial charge in [-0.05, 0) is 18.1 Å². The Bertz CT molecular complexity index is 982. The standard InChI is InChI=1S/C20H15F3N2OS/c1-12-7-5-6-10-14(12)18-24-19(26-25-18)16-11-15(13-8-3-2-4-9-13)17(27-16)20(21,22)23/h2-11,15,17H,1H3. The van der Waals surface area contributed by atoms with Gasteiger partial charge in [0.15, 0.2) is 0 Å². The molecule has 1 aliphatic rings. The van der Waals surface area contributed by atoms with Crippen LogP contribution in [0.25, 0.3) is 16.3 Å². The Morgan fingerprint density at radius 2 is 1.70 bits per heavy atom. The van der Waals surface area contributed by atoms with Crippen molar-refractivity contribution in [2.75, 3.05) is 0 Å². The highest BCUT2D eigenvalue weighted by Crippen LogP contribution is 2.52. The van der Waals surface area contributed by atoms with Crippen LogP contribution in [0.3, 0.4) is 0 Å². The molecule has 2 unspecified atom stereocenters. The number of aromatic nitrogens is 2. The molecule has 2 atom stereocenters. The van der Waals surface area contributed by atoms with E-state index in [-0.39, 0.29) is 5.89 Å². The van der Waals surface area contributed by atoms with Crippen molar-refractivity contribution in [3.05, 3.63) is 77.7 Å². The largest absolute Gasteiger partial charge is 0.401 e. The van der Waals surface area contributed by atoms with Crippen LogP contribution >= 0.6 is 11.8 Å². The first-order valence-electron chi connectivity index (χ1n) is 8.34. The summed E-state index contributed by atoms with van der Waals surface area (Å²) in [6.07, 6.45) is -2.77. The molecule has 2 aromatic carbocycles. The van der Waals surface area contributed by atoms with Crippen molar-refractivity contribution in [3.63, 3.8) is 0 Å². The van der Waals surface area contributed by atoms with Crippen LogP contribution in [0.1, 0.15) is 22.9 Å². The molecule has 0 N–H and O–H groups in total. The van der Waals surface area contributed by atoms with Crippen LogP contribution in [0.5, 0.6) is 0 Å². The molecule has 7 heteroatoms. The Morgan fingerprint density at radius 1 is 1.00 bits per heavy atom. The number of aryl methyl sites for hydroxylation is 1. The normalized spacial score (nSPS) is 19.9.